The highest BCUT2D eigenvalue weighted by Gasteiger charge is 2.29. The Morgan fingerprint density at radius 1 is 1.08 bits per heavy atom. The van der Waals surface area contributed by atoms with Gasteiger partial charge in [0.15, 0.2) is 0 Å². The van der Waals surface area contributed by atoms with E-state index in [4.69, 9.17) is 9.47 Å². The molecule has 0 unspecified atom stereocenters. The van der Waals surface area contributed by atoms with E-state index in [1.54, 1.807) is 38.1 Å². The summed E-state index contributed by atoms with van der Waals surface area (Å²) in [6.45, 7) is 8.12. The van der Waals surface area contributed by atoms with Crippen molar-refractivity contribution >= 4 is 23.3 Å². The summed E-state index contributed by atoms with van der Waals surface area (Å²) in [5.74, 6) is 0.338. The Labute approximate surface area is 211 Å². The Hall–Kier alpha value is -4.00. The zero-order valence-corrected chi connectivity index (χ0v) is 21.3. The van der Waals surface area contributed by atoms with Crippen LogP contribution in [0.5, 0.6) is 11.5 Å². The van der Waals surface area contributed by atoms with Crippen LogP contribution < -0.4 is 19.7 Å². The minimum Gasteiger partial charge on any atom is -0.490 e. The van der Waals surface area contributed by atoms with Crippen LogP contribution in [-0.4, -0.2) is 43.3 Å². The molecule has 0 fully saturated rings. The van der Waals surface area contributed by atoms with E-state index < -0.39 is 11.4 Å². The number of aliphatic carboxylic acids is 1. The van der Waals surface area contributed by atoms with E-state index in [-0.39, 0.29) is 12.0 Å². The summed E-state index contributed by atoms with van der Waals surface area (Å²) in [5.41, 5.74) is 3.30. The topological polar surface area (TPSA) is 88.1 Å². The molecule has 1 aliphatic rings. The number of nitrogens with one attached hydrogen (secondary N) is 1. The maximum atomic E-state index is 13.1. The number of carboxylic acid groups (broad SMARTS) is 1. The lowest BCUT2D eigenvalue weighted by Crippen LogP contribution is -2.41. The average Bonchev–Trinajstić information content (AvgIpc) is 2.82. The number of benzene rings is 3. The molecule has 3 aromatic rings. The van der Waals surface area contributed by atoms with Crippen LogP contribution in [0.15, 0.2) is 60.7 Å². The summed E-state index contributed by atoms with van der Waals surface area (Å²) in [6, 6.07) is 18.6. The number of fused-ring (bicyclic) bond motifs is 1. The first-order chi connectivity index (χ1) is 17.1. The molecule has 7 nitrogen and oxygen atoms in total. The molecular weight excluding hydrogens is 456 g/mol. The number of anilines is 2. The standard InChI is InChI=1S/C29H32N2O5/c1-18-13-22(35-17-23-16-31(5)24-11-6-7-12-25(24)36-23)14-19(2)26(18)27(32)30-21-10-8-9-20(15-21)29(3,4)28(33)34/h6-15,23H,16-17H2,1-5H3,(H,30,32)(H,33,34)/t23-/m0/s1. The minimum absolute atomic E-state index is 0.115. The van der Waals surface area contributed by atoms with Crippen molar-refractivity contribution in [3.63, 3.8) is 0 Å². The van der Waals surface area contributed by atoms with Crippen molar-refractivity contribution in [2.24, 2.45) is 0 Å². The van der Waals surface area contributed by atoms with Crippen LogP contribution in [0.4, 0.5) is 11.4 Å². The largest absolute Gasteiger partial charge is 0.490 e. The van der Waals surface area contributed by atoms with Crippen molar-refractivity contribution < 1.29 is 24.2 Å². The van der Waals surface area contributed by atoms with Crippen molar-refractivity contribution in [2.45, 2.75) is 39.2 Å². The highest BCUT2D eigenvalue weighted by Crippen LogP contribution is 2.32. The summed E-state index contributed by atoms with van der Waals surface area (Å²) in [4.78, 5) is 26.9. The molecule has 0 bridgehead atoms. The number of likely N-dealkylation sites (N-methyl/N-ethyl adjacent to an activating group) is 1. The lowest BCUT2D eigenvalue weighted by Gasteiger charge is -2.33. The molecule has 4 rings (SSSR count). The van der Waals surface area contributed by atoms with Gasteiger partial charge in [0.2, 0.25) is 0 Å². The maximum absolute atomic E-state index is 13.1. The second-order valence-corrected chi connectivity index (χ2v) is 9.80. The Kier molecular flexibility index (Phi) is 6.93. The van der Waals surface area contributed by atoms with Crippen molar-refractivity contribution in [1.29, 1.82) is 0 Å². The van der Waals surface area contributed by atoms with E-state index in [0.29, 0.717) is 35.7 Å². The van der Waals surface area contributed by atoms with E-state index in [9.17, 15) is 14.7 Å². The number of nitrogens with zero attached hydrogens (tertiary/aromatic N) is 1. The summed E-state index contributed by atoms with van der Waals surface area (Å²) in [7, 11) is 2.04. The van der Waals surface area contributed by atoms with Crippen LogP contribution in [-0.2, 0) is 10.2 Å². The van der Waals surface area contributed by atoms with Crippen LogP contribution in [0, 0.1) is 13.8 Å². The number of hydrogen-bond acceptors (Lipinski definition) is 5. The Morgan fingerprint density at radius 3 is 2.47 bits per heavy atom. The molecule has 0 saturated heterocycles. The van der Waals surface area contributed by atoms with Crippen molar-refractivity contribution in [2.75, 3.05) is 30.4 Å². The van der Waals surface area contributed by atoms with Gasteiger partial charge in [-0.15, -0.1) is 0 Å². The first-order valence-electron chi connectivity index (χ1n) is 11.9. The average molecular weight is 489 g/mol. The summed E-state index contributed by atoms with van der Waals surface area (Å²) in [6.07, 6.45) is -0.115. The molecule has 1 amide bonds. The van der Waals surface area contributed by atoms with Crippen molar-refractivity contribution in [1.82, 2.24) is 0 Å². The molecule has 1 heterocycles. The molecule has 2 N–H and O–H groups in total. The van der Waals surface area contributed by atoms with Crippen molar-refractivity contribution in [3.8, 4) is 11.5 Å². The van der Waals surface area contributed by atoms with Gasteiger partial charge in [-0.2, -0.15) is 0 Å². The SMILES string of the molecule is Cc1cc(OC[C@@H]2CN(C)c3ccccc3O2)cc(C)c1C(=O)Nc1cccc(C(C)(C)C(=O)O)c1. The van der Waals surface area contributed by atoms with Gasteiger partial charge in [-0.25, -0.2) is 0 Å². The lowest BCUT2D eigenvalue weighted by molar-refractivity contribution is -0.142. The molecule has 1 atom stereocenters. The highest BCUT2D eigenvalue weighted by atomic mass is 16.5. The van der Waals surface area contributed by atoms with Crippen LogP contribution in [0.3, 0.4) is 0 Å². The molecule has 188 valence electrons. The number of ether oxygens (including phenoxy) is 2. The smallest absolute Gasteiger partial charge is 0.313 e. The van der Waals surface area contributed by atoms with Gasteiger partial charge in [-0.3, -0.25) is 9.59 Å². The molecule has 7 heteroatoms. The van der Waals surface area contributed by atoms with E-state index in [0.717, 1.165) is 22.6 Å². The third-order valence-electron chi connectivity index (χ3n) is 6.59. The van der Waals surface area contributed by atoms with Gasteiger partial charge in [-0.1, -0.05) is 24.3 Å². The van der Waals surface area contributed by atoms with Gasteiger partial charge in [0.1, 0.15) is 24.2 Å². The highest BCUT2D eigenvalue weighted by molar-refractivity contribution is 6.06. The molecule has 0 spiro atoms. The summed E-state index contributed by atoms with van der Waals surface area (Å²) >= 11 is 0. The number of para-hydroxylation sites is 2. The van der Waals surface area contributed by atoms with Gasteiger partial charge in [0, 0.05) is 18.3 Å². The zero-order valence-electron chi connectivity index (χ0n) is 21.3. The van der Waals surface area contributed by atoms with E-state index >= 15 is 0 Å². The predicted octanol–water partition coefficient (Wildman–Crippen LogP) is 5.19. The number of carbonyl (C=O) groups excluding carboxylic acids is 1. The predicted molar refractivity (Wildman–Crippen MR) is 141 cm³/mol. The van der Waals surface area contributed by atoms with Crippen LogP contribution in [0.1, 0.15) is 40.9 Å². The Balaban J connectivity index is 1.44. The first kappa shape index (κ1) is 25.1. The summed E-state index contributed by atoms with van der Waals surface area (Å²) < 4.78 is 12.2. The molecule has 0 aromatic heterocycles. The molecule has 1 aliphatic heterocycles. The van der Waals surface area contributed by atoms with Gasteiger partial charge in [0.25, 0.3) is 5.91 Å². The second kappa shape index (κ2) is 9.93. The minimum atomic E-state index is -1.06. The quantitative estimate of drug-likeness (QED) is 0.476. The van der Waals surface area contributed by atoms with E-state index in [2.05, 4.69) is 10.2 Å². The van der Waals surface area contributed by atoms with Gasteiger partial charge in [-0.05, 0) is 80.8 Å². The third-order valence-corrected chi connectivity index (χ3v) is 6.59. The maximum Gasteiger partial charge on any atom is 0.313 e. The lowest BCUT2D eigenvalue weighted by atomic mass is 9.84. The number of aryl methyl sites for hydroxylation is 2. The Bertz CT molecular complexity index is 1280. The number of hydrogen-bond donors (Lipinski definition) is 2. The van der Waals surface area contributed by atoms with Gasteiger partial charge < -0.3 is 24.8 Å². The second-order valence-electron chi connectivity index (χ2n) is 9.80. The molecule has 0 radical (unpaired) electrons. The van der Waals surface area contributed by atoms with E-state index in [1.165, 1.54) is 0 Å². The number of rotatable bonds is 7. The molecular formula is C29H32N2O5. The fraction of sp³-hybridized carbons (Fsp3) is 0.310. The van der Waals surface area contributed by atoms with Gasteiger partial charge in [0.05, 0.1) is 17.6 Å². The fourth-order valence-electron chi connectivity index (χ4n) is 4.44. The van der Waals surface area contributed by atoms with Gasteiger partial charge >= 0.3 is 5.97 Å². The van der Waals surface area contributed by atoms with E-state index in [1.807, 2.05) is 57.3 Å². The van der Waals surface area contributed by atoms with Crippen LogP contribution in [0.2, 0.25) is 0 Å². The van der Waals surface area contributed by atoms with Crippen molar-refractivity contribution in [3.05, 3.63) is 82.9 Å². The molecule has 0 saturated carbocycles. The third kappa shape index (κ3) is 5.15. The zero-order chi connectivity index (χ0) is 26.0. The number of amides is 1. The monoisotopic (exact) mass is 488 g/mol. The number of carboxylic acids is 1. The first-order valence-corrected chi connectivity index (χ1v) is 11.9. The van der Waals surface area contributed by atoms with Crippen LogP contribution in [0.25, 0.3) is 0 Å². The normalized spacial score (nSPS) is 15.0. The number of carbonyl (C=O) groups is 2. The molecule has 3 aromatic carbocycles. The summed E-state index contributed by atoms with van der Waals surface area (Å²) in [5, 5.41) is 12.4. The fourth-order valence-corrected chi connectivity index (χ4v) is 4.44. The molecule has 0 aliphatic carbocycles. The molecule has 36 heavy (non-hydrogen) atoms. The van der Waals surface area contributed by atoms with Crippen LogP contribution >= 0.6 is 0 Å². The Morgan fingerprint density at radius 2 is 1.78 bits per heavy atom.